The van der Waals surface area contributed by atoms with Crippen molar-refractivity contribution in [1.29, 1.82) is 0 Å². The van der Waals surface area contributed by atoms with Gasteiger partial charge in [0.05, 0.1) is 37.1 Å². The molecule has 0 unspecified atom stereocenters. The number of fused-ring (bicyclic) bond motifs is 5. The molecule has 1 N–H and O–H groups in total. The summed E-state index contributed by atoms with van der Waals surface area (Å²) in [6.45, 7) is 8.00. The van der Waals surface area contributed by atoms with Crippen molar-refractivity contribution < 1.29 is 23.8 Å². The topological polar surface area (TPSA) is 111 Å². The van der Waals surface area contributed by atoms with Crippen LogP contribution in [0.25, 0.3) is 22.2 Å². The summed E-state index contributed by atoms with van der Waals surface area (Å²) in [7, 11) is 1.94. The van der Waals surface area contributed by atoms with E-state index in [9.17, 15) is 9.59 Å². The lowest BCUT2D eigenvalue weighted by Crippen LogP contribution is -2.51. The van der Waals surface area contributed by atoms with E-state index in [0.29, 0.717) is 42.8 Å². The Morgan fingerprint density at radius 3 is 2.79 bits per heavy atom. The SMILES string of the molecule is Cn1ccc2c(-c3ccc(Nc4ccc5c(n4)OC[C@@H]4COCCN54)c4c3CN(C(=O)OC(C)(C)C)C4=O)ccnc21. The molecule has 3 aliphatic heterocycles. The molecule has 1 fully saturated rings. The van der Waals surface area contributed by atoms with Gasteiger partial charge in [-0.15, -0.1) is 0 Å². The Labute approximate surface area is 243 Å². The first-order valence-electron chi connectivity index (χ1n) is 14.0. The number of anilines is 3. The monoisotopic (exact) mass is 568 g/mol. The number of ether oxygens (including phenoxy) is 3. The van der Waals surface area contributed by atoms with Crippen molar-refractivity contribution in [1.82, 2.24) is 19.4 Å². The number of nitrogens with zero attached hydrogens (tertiary/aromatic N) is 5. The van der Waals surface area contributed by atoms with Gasteiger partial charge in [0.15, 0.2) is 0 Å². The lowest BCUT2D eigenvalue weighted by Gasteiger charge is -2.40. The van der Waals surface area contributed by atoms with Crippen LogP contribution in [0.3, 0.4) is 0 Å². The van der Waals surface area contributed by atoms with Gasteiger partial charge < -0.3 is 29.0 Å². The normalized spacial score (nSPS) is 17.9. The van der Waals surface area contributed by atoms with E-state index in [-0.39, 0.29) is 12.6 Å². The highest BCUT2D eigenvalue weighted by molar-refractivity contribution is 6.12. The summed E-state index contributed by atoms with van der Waals surface area (Å²) >= 11 is 0. The van der Waals surface area contributed by atoms with Crippen molar-refractivity contribution >= 4 is 40.2 Å². The number of hydrogen-bond donors (Lipinski definition) is 1. The van der Waals surface area contributed by atoms with E-state index in [4.69, 9.17) is 19.2 Å². The van der Waals surface area contributed by atoms with Crippen molar-refractivity contribution in [3.8, 4) is 17.0 Å². The minimum atomic E-state index is -0.746. The number of aryl methyl sites for hydroxylation is 1. The molecule has 0 saturated carbocycles. The summed E-state index contributed by atoms with van der Waals surface area (Å²) in [5, 5.41) is 4.29. The molecular formula is C31H32N6O5. The highest BCUT2D eigenvalue weighted by Gasteiger charge is 2.39. The van der Waals surface area contributed by atoms with Gasteiger partial charge in [0.25, 0.3) is 5.91 Å². The minimum Gasteiger partial charge on any atom is -0.474 e. The molecule has 1 saturated heterocycles. The Bertz CT molecular complexity index is 1740. The third-order valence-corrected chi connectivity index (χ3v) is 7.81. The van der Waals surface area contributed by atoms with Crippen LogP contribution in [0.15, 0.2) is 48.8 Å². The van der Waals surface area contributed by atoms with Crippen molar-refractivity contribution in [3.05, 3.63) is 59.9 Å². The van der Waals surface area contributed by atoms with Crippen molar-refractivity contribution in [2.45, 2.75) is 39.0 Å². The molecule has 2 amide bonds. The van der Waals surface area contributed by atoms with Crippen LogP contribution < -0.4 is 15.0 Å². The molecule has 1 aromatic carbocycles. The second kappa shape index (κ2) is 9.73. The Hall–Kier alpha value is -4.64. The van der Waals surface area contributed by atoms with E-state index in [1.807, 2.05) is 54.2 Å². The fourth-order valence-corrected chi connectivity index (χ4v) is 5.89. The van der Waals surface area contributed by atoms with Crippen molar-refractivity contribution in [2.24, 2.45) is 7.05 Å². The van der Waals surface area contributed by atoms with Gasteiger partial charge in [-0.05, 0) is 67.8 Å². The predicted molar refractivity (Wildman–Crippen MR) is 157 cm³/mol. The Balaban J connectivity index is 1.29. The average Bonchev–Trinajstić information content (AvgIpc) is 3.52. The van der Waals surface area contributed by atoms with Gasteiger partial charge in [-0.3, -0.25) is 4.79 Å². The number of imide groups is 1. The number of benzene rings is 1. The zero-order chi connectivity index (χ0) is 29.2. The lowest BCUT2D eigenvalue weighted by molar-refractivity contribution is 0.0248. The first-order chi connectivity index (χ1) is 20.2. The maximum atomic E-state index is 13.9. The number of aromatic nitrogens is 3. The maximum Gasteiger partial charge on any atom is 0.417 e. The van der Waals surface area contributed by atoms with Crippen LogP contribution in [0.5, 0.6) is 5.88 Å². The molecule has 216 valence electrons. The zero-order valence-electron chi connectivity index (χ0n) is 24.0. The van der Waals surface area contributed by atoms with Crippen LogP contribution in [-0.2, 0) is 23.1 Å². The number of hydrogen-bond acceptors (Lipinski definition) is 9. The highest BCUT2D eigenvalue weighted by Crippen LogP contribution is 2.41. The van der Waals surface area contributed by atoms with E-state index in [2.05, 4.69) is 15.2 Å². The number of carbonyl (C=O) groups is 2. The van der Waals surface area contributed by atoms with Gasteiger partial charge in [-0.1, -0.05) is 6.07 Å². The first kappa shape index (κ1) is 26.3. The van der Waals surface area contributed by atoms with Crippen molar-refractivity contribution in [3.63, 3.8) is 0 Å². The van der Waals surface area contributed by atoms with E-state index < -0.39 is 17.6 Å². The second-order valence-corrected chi connectivity index (χ2v) is 11.8. The van der Waals surface area contributed by atoms with E-state index in [0.717, 1.165) is 44.9 Å². The van der Waals surface area contributed by atoms with Gasteiger partial charge in [-0.25, -0.2) is 14.7 Å². The molecule has 42 heavy (non-hydrogen) atoms. The van der Waals surface area contributed by atoms with Gasteiger partial charge in [0, 0.05) is 31.4 Å². The highest BCUT2D eigenvalue weighted by atomic mass is 16.6. The number of rotatable bonds is 3. The van der Waals surface area contributed by atoms with E-state index in [1.54, 1.807) is 27.0 Å². The average molecular weight is 569 g/mol. The molecule has 3 aromatic heterocycles. The minimum absolute atomic E-state index is 0.0870. The molecule has 0 bridgehead atoms. The molecule has 0 radical (unpaired) electrons. The van der Waals surface area contributed by atoms with Gasteiger partial charge in [-0.2, -0.15) is 4.98 Å². The summed E-state index contributed by atoms with van der Waals surface area (Å²) in [5.74, 6) is 0.650. The summed E-state index contributed by atoms with van der Waals surface area (Å²) < 4.78 is 19.1. The molecule has 0 aliphatic carbocycles. The third kappa shape index (κ3) is 4.40. The Morgan fingerprint density at radius 2 is 1.95 bits per heavy atom. The molecule has 3 aliphatic rings. The molecular weight excluding hydrogens is 536 g/mol. The number of carbonyl (C=O) groups excluding carboxylic acids is 2. The number of nitrogens with one attached hydrogen (secondary N) is 1. The smallest absolute Gasteiger partial charge is 0.417 e. The number of amides is 2. The fraction of sp³-hybridized carbons (Fsp3) is 0.355. The molecule has 6 heterocycles. The lowest BCUT2D eigenvalue weighted by atomic mass is 9.94. The van der Waals surface area contributed by atoms with Crippen LogP contribution in [0, 0.1) is 0 Å². The van der Waals surface area contributed by atoms with E-state index >= 15 is 0 Å². The summed E-state index contributed by atoms with van der Waals surface area (Å²) in [6, 6.07) is 11.8. The second-order valence-electron chi connectivity index (χ2n) is 11.8. The predicted octanol–water partition coefficient (Wildman–Crippen LogP) is 4.87. The maximum absolute atomic E-state index is 13.9. The van der Waals surface area contributed by atoms with Crippen LogP contribution in [0.2, 0.25) is 0 Å². The van der Waals surface area contributed by atoms with Crippen LogP contribution >= 0.6 is 0 Å². The van der Waals surface area contributed by atoms with Crippen molar-refractivity contribution in [2.75, 3.05) is 36.6 Å². The van der Waals surface area contributed by atoms with Gasteiger partial charge >= 0.3 is 6.09 Å². The number of morpholine rings is 1. The summed E-state index contributed by atoms with van der Waals surface area (Å²) in [4.78, 5) is 39.7. The number of pyridine rings is 2. The Kier molecular flexibility index (Phi) is 6.09. The largest absolute Gasteiger partial charge is 0.474 e. The molecule has 7 rings (SSSR count). The summed E-state index contributed by atoms with van der Waals surface area (Å²) in [6.07, 6.45) is 3.04. The van der Waals surface area contributed by atoms with Crippen LogP contribution in [0.1, 0.15) is 36.7 Å². The quantitative estimate of drug-likeness (QED) is 0.370. The molecule has 4 aromatic rings. The van der Waals surface area contributed by atoms with Crippen LogP contribution in [0.4, 0.5) is 22.0 Å². The van der Waals surface area contributed by atoms with E-state index in [1.165, 1.54) is 0 Å². The molecule has 11 heteroatoms. The molecule has 0 spiro atoms. The zero-order valence-corrected chi connectivity index (χ0v) is 24.0. The standard InChI is InChI=1S/C31H32N6O5/c1-31(2,3)42-30(39)37-15-22-19(20-9-11-32-27-21(20)10-12-35(27)4)5-6-23(26(22)29(37)38)33-25-8-7-24-28(34-25)41-17-18-16-40-14-13-36(18)24/h5-12,18H,13-17H2,1-4H3,(H,33,34)/t18-/m0/s1. The first-order valence-corrected chi connectivity index (χ1v) is 14.0. The molecule has 11 nitrogen and oxygen atoms in total. The molecule has 1 atom stereocenters. The third-order valence-electron chi connectivity index (χ3n) is 7.81. The fourth-order valence-electron chi connectivity index (χ4n) is 5.89. The van der Waals surface area contributed by atoms with Crippen LogP contribution in [-0.4, -0.2) is 69.4 Å². The summed E-state index contributed by atoms with van der Waals surface area (Å²) in [5.41, 5.74) is 4.50. The van der Waals surface area contributed by atoms with Gasteiger partial charge in [0.2, 0.25) is 5.88 Å². The Morgan fingerprint density at radius 1 is 1.10 bits per heavy atom. The van der Waals surface area contributed by atoms with Gasteiger partial charge in [0.1, 0.15) is 29.4 Å².